The quantitative estimate of drug-likeness (QED) is 0.676. The van der Waals surface area contributed by atoms with Crippen LogP contribution in [0.1, 0.15) is 23.2 Å². The molecule has 0 unspecified atom stereocenters. The van der Waals surface area contributed by atoms with E-state index in [0.717, 1.165) is 37.8 Å². The number of aromatic nitrogens is 1. The van der Waals surface area contributed by atoms with Gasteiger partial charge in [-0.2, -0.15) is 0 Å². The maximum Gasteiger partial charge on any atom is 0.270 e. The number of pyridine rings is 1. The molecule has 1 saturated heterocycles. The van der Waals surface area contributed by atoms with Crippen LogP contribution >= 0.6 is 11.6 Å². The smallest absolute Gasteiger partial charge is 0.270 e. The van der Waals surface area contributed by atoms with E-state index < -0.39 is 10.8 Å². The first kappa shape index (κ1) is 16.2. The molecule has 1 aromatic heterocycles. The number of amides is 1. The van der Waals surface area contributed by atoms with E-state index in [1.54, 1.807) is 12.3 Å². The molecule has 3 rings (SSSR count). The fourth-order valence-electron chi connectivity index (χ4n) is 2.59. The number of non-ortho nitro benzene ring substituents is 1. The first-order chi connectivity index (χ1) is 11.5. The van der Waals surface area contributed by atoms with E-state index in [2.05, 4.69) is 15.2 Å². The molecular weight excluding hydrogens is 332 g/mol. The number of carbonyl (C=O) groups is 1. The fourth-order valence-corrected chi connectivity index (χ4v) is 2.80. The van der Waals surface area contributed by atoms with Crippen LogP contribution in [-0.4, -0.2) is 28.9 Å². The number of hydrogen-bond acceptors (Lipinski definition) is 5. The summed E-state index contributed by atoms with van der Waals surface area (Å²) in [6.07, 6.45) is 3.88. The van der Waals surface area contributed by atoms with Crippen LogP contribution in [0.3, 0.4) is 0 Å². The molecule has 0 atom stereocenters. The van der Waals surface area contributed by atoms with Gasteiger partial charge in [0, 0.05) is 25.2 Å². The molecule has 0 radical (unpaired) electrons. The van der Waals surface area contributed by atoms with Crippen molar-refractivity contribution in [2.75, 3.05) is 23.3 Å². The summed E-state index contributed by atoms with van der Waals surface area (Å²) in [4.78, 5) is 29.1. The Morgan fingerprint density at radius 3 is 2.62 bits per heavy atom. The van der Waals surface area contributed by atoms with Crippen LogP contribution in [0.4, 0.5) is 17.2 Å². The third-order valence-corrected chi connectivity index (χ3v) is 4.17. The van der Waals surface area contributed by atoms with Crippen molar-refractivity contribution in [2.24, 2.45) is 0 Å². The Labute approximate surface area is 143 Å². The highest BCUT2D eigenvalue weighted by Gasteiger charge is 2.17. The summed E-state index contributed by atoms with van der Waals surface area (Å²) in [6.45, 7) is 1.98. The zero-order chi connectivity index (χ0) is 17.1. The van der Waals surface area contributed by atoms with Gasteiger partial charge in [-0.15, -0.1) is 0 Å². The first-order valence-corrected chi connectivity index (χ1v) is 7.89. The molecule has 124 valence electrons. The Morgan fingerprint density at radius 2 is 2.00 bits per heavy atom. The monoisotopic (exact) mass is 346 g/mol. The minimum Gasteiger partial charge on any atom is -0.357 e. The molecule has 1 amide bonds. The minimum atomic E-state index is -0.570. The van der Waals surface area contributed by atoms with Gasteiger partial charge in [0.25, 0.3) is 11.6 Å². The Morgan fingerprint density at radius 1 is 1.25 bits per heavy atom. The molecular formula is C16H15ClN4O3. The van der Waals surface area contributed by atoms with Gasteiger partial charge in [-0.3, -0.25) is 14.9 Å². The van der Waals surface area contributed by atoms with Gasteiger partial charge in [-0.05, 0) is 31.0 Å². The van der Waals surface area contributed by atoms with Crippen LogP contribution in [0.5, 0.6) is 0 Å². The molecule has 7 nitrogen and oxygen atoms in total. The number of nitrogens with zero attached hydrogens (tertiary/aromatic N) is 3. The normalized spacial score (nSPS) is 13.8. The van der Waals surface area contributed by atoms with Crippen LogP contribution in [0.25, 0.3) is 0 Å². The number of carbonyl (C=O) groups excluding carboxylic acids is 1. The van der Waals surface area contributed by atoms with Crippen molar-refractivity contribution in [2.45, 2.75) is 12.8 Å². The number of benzene rings is 1. The Balaban J connectivity index is 1.75. The number of hydrogen-bond donors (Lipinski definition) is 1. The van der Waals surface area contributed by atoms with Gasteiger partial charge >= 0.3 is 0 Å². The summed E-state index contributed by atoms with van der Waals surface area (Å²) < 4.78 is 0. The first-order valence-electron chi connectivity index (χ1n) is 7.51. The summed E-state index contributed by atoms with van der Waals surface area (Å²) in [6, 6.07) is 7.35. The second-order valence-electron chi connectivity index (χ2n) is 5.47. The maximum absolute atomic E-state index is 12.3. The van der Waals surface area contributed by atoms with Gasteiger partial charge in [0.05, 0.1) is 27.4 Å². The zero-order valence-corrected chi connectivity index (χ0v) is 13.5. The highest BCUT2D eigenvalue weighted by Crippen LogP contribution is 2.24. The lowest BCUT2D eigenvalue weighted by Gasteiger charge is -2.16. The SMILES string of the molecule is O=C(Nc1ccc(N2CCCC2)nc1)c1cc([N+](=O)[O-])ccc1Cl. The molecule has 0 spiro atoms. The highest BCUT2D eigenvalue weighted by molar-refractivity contribution is 6.34. The molecule has 1 aliphatic heterocycles. The average molecular weight is 347 g/mol. The summed E-state index contributed by atoms with van der Waals surface area (Å²) >= 11 is 5.97. The van der Waals surface area contributed by atoms with Crippen molar-refractivity contribution >= 4 is 34.7 Å². The Bertz CT molecular complexity index is 773. The van der Waals surface area contributed by atoms with Gasteiger partial charge in [-0.25, -0.2) is 4.98 Å². The minimum absolute atomic E-state index is 0.0505. The van der Waals surface area contributed by atoms with Crippen molar-refractivity contribution < 1.29 is 9.72 Å². The fraction of sp³-hybridized carbons (Fsp3) is 0.250. The molecule has 0 bridgehead atoms. The van der Waals surface area contributed by atoms with E-state index >= 15 is 0 Å². The van der Waals surface area contributed by atoms with Crippen LogP contribution in [0.2, 0.25) is 5.02 Å². The Hall–Kier alpha value is -2.67. The summed E-state index contributed by atoms with van der Waals surface area (Å²) in [7, 11) is 0. The van der Waals surface area contributed by atoms with Crippen molar-refractivity contribution in [3.63, 3.8) is 0 Å². The predicted octanol–water partition coefficient (Wildman–Crippen LogP) is 3.50. The van der Waals surface area contributed by atoms with E-state index in [0.29, 0.717) is 5.69 Å². The van der Waals surface area contributed by atoms with Crippen LogP contribution in [0, 0.1) is 10.1 Å². The molecule has 2 heterocycles. The number of nitrogens with one attached hydrogen (secondary N) is 1. The van der Waals surface area contributed by atoms with E-state index in [1.807, 2.05) is 6.07 Å². The van der Waals surface area contributed by atoms with Crippen LogP contribution < -0.4 is 10.2 Å². The largest absolute Gasteiger partial charge is 0.357 e. The molecule has 24 heavy (non-hydrogen) atoms. The van der Waals surface area contributed by atoms with Crippen molar-refractivity contribution in [3.05, 3.63) is 57.2 Å². The Kier molecular flexibility index (Phi) is 4.61. The molecule has 8 heteroatoms. The molecule has 1 aliphatic rings. The van der Waals surface area contributed by atoms with Crippen molar-refractivity contribution in [1.29, 1.82) is 0 Å². The van der Waals surface area contributed by atoms with Crippen LogP contribution in [0.15, 0.2) is 36.5 Å². The van der Waals surface area contributed by atoms with Gasteiger partial charge in [-0.1, -0.05) is 11.6 Å². The summed E-state index contributed by atoms with van der Waals surface area (Å²) in [5.74, 6) is 0.360. The molecule has 0 aliphatic carbocycles. The van der Waals surface area contributed by atoms with E-state index in [4.69, 9.17) is 11.6 Å². The standard InChI is InChI=1S/C16H15ClN4O3/c17-14-5-4-12(21(23)24)9-13(14)16(22)19-11-3-6-15(18-10-11)20-7-1-2-8-20/h3-6,9-10H,1-2,7-8H2,(H,19,22). The summed E-state index contributed by atoms with van der Waals surface area (Å²) in [5, 5.41) is 13.6. The number of nitro groups is 1. The lowest BCUT2D eigenvalue weighted by atomic mass is 10.2. The molecule has 1 fully saturated rings. The number of halogens is 1. The van der Waals surface area contributed by atoms with E-state index in [-0.39, 0.29) is 16.3 Å². The molecule has 1 N–H and O–H groups in total. The third-order valence-electron chi connectivity index (χ3n) is 3.84. The van der Waals surface area contributed by atoms with E-state index in [1.165, 1.54) is 12.1 Å². The van der Waals surface area contributed by atoms with Gasteiger partial charge in [0.15, 0.2) is 0 Å². The van der Waals surface area contributed by atoms with Crippen molar-refractivity contribution in [1.82, 2.24) is 4.98 Å². The predicted molar refractivity (Wildman–Crippen MR) is 91.7 cm³/mol. The second-order valence-corrected chi connectivity index (χ2v) is 5.88. The molecule has 1 aromatic carbocycles. The molecule has 0 saturated carbocycles. The molecule has 2 aromatic rings. The number of rotatable bonds is 4. The average Bonchev–Trinajstić information content (AvgIpc) is 3.10. The lowest BCUT2D eigenvalue weighted by Crippen LogP contribution is -2.19. The second kappa shape index (κ2) is 6.84. The highest BCUT2D eigenvalue weighted by atomic mass is 35.5. The summed E-state index contributed by atoms with van der Waals surface area (Å²) in [5.41, 5.74) is 0.368. The van der Waals surface area contributed by atoms with Gasteiger partial charge in [0.1, 0.15) is 5.82 Å². The number of anilines is 2. The maximum atomic E-state index is 12.3. The zero-order valence-electron chi connectivity index (χ0n) is 12.7. The van der Waals surface area contributed by atoms with Crippen molar-refractivity contribution in [3.8, 4) is 0 Å². The van der Waals surface area contributed by atoms with Gasteiger partial charge in [0.2, 0.25) is 0 Å². The number of nitro benzene ring substituents is 1. The van der Waals surface area contributed by atoms with E-state index in [9.17, 15) is 14.9 Å². The topological polar surface area (TPSA) is 88.4 Å². The van der Waals surface area contributed by atoms with Crippen LogP contribution in [-0.2, 0) is 0 Å². The lowest BCUT2D eigenvalue weighted by molar-refractivity contribution is -0.384. The van der Waals surface area contributed by atoms with Gasteiger partial charge < -0.3 is 10.2 Å². The third kappa shape index (κ3) is 3.46.